The van der Waals surface area contributed by atoms with Gasteiger partial charge in [-0.3, -0.25) is 4.79 Å². The Balaban J connectivity index is 1.84. The van der Waals surface area contributed by atoms with Gasteiger partial charge in [-0.15, -0.1) is 5.10 Å². The summed E-state index contributed by atoms with van der Waals surface area (Å²) in [4.78, 5) is 12.4. The second kappa shape index (κ2) is 6.31. The maximum Gasteiger partial charge on any atom is 0.278 e. The summed E-state index contributed by atoms with van der Waals surface area (Å²) in [5, 5.41) is 10.9. The molecule has 23 heavy (non-hydrogen) atoms. The van der Waals surface area contributed by atoms with E-state index in [-0.39, 0.29) is 11.6 Å². The van der Waals surface area contributed by atoms with Crippen molar-refractivity contribution in [3.05, 3.63) is 66.0 Å². The van der Waals surface area contributed by atoms with E-state index in [9.17, 15) is 4.79 Å². The summed E-state index contributed by atoms with van der Waals surface area (Å²) >= 11 is 0. The predicted molar refractivity (Wildman–Crippen MR) is 87.0 cm³/mol. The van der Waals surface area contributed by atoms with Crippen molar-refractivity contribution in [2.45, 2.75) is 6.92 Å². The quantitative estimate of drug-likeness (QED) is 0.804. The van der Waals surface area contributed by atoms with Crippen LogP contribution in [0.25, 0.3) is 5.69 Å². The number of methoxy groups -OCH3 is 1. The molecule has 6 heteroatoms. The van der Waals surface area contributed by atoms with E-state index in [0.717, 1.165) is 5.69 Å². The maximum atomic E-state index is 12.4. The number of nitrogens with zero attached hydrogens (tertiary/aromatic N) is 3. The standard InChI is InChI=1S/C17H16N4O2/c1-12-16(19-20-21(12)14-8-4-3-5-9-14)17(22)18-13-7-6-10-15(11-13)23-2/h3-11H,1-2H3,(H,18,22). The SMILES string of the molecule is COc1cccc(NC(=O)c2nnn(-c3ccccc3)c2C)c1. The number of nitrogens with one attached hydrogen (secondary N) is 1. The number of ether oxygens (including phenoxy) is 1. The van der Waals surface area contributed by atoms with Crippen molar-refractivity contribution in [1.29, 1.82) is 0 Å². The van der Waals surface area contributed by atoms with Crippen LogP contribution in [0.5, 0.6) is 5.75 Å². The number of aromatic nitrogens is 3. The Labute approximate surface area is 133 Å². The third kappa shape index (κ3) is 3.06. The zero-order chi connectivity index (χ0) is 16.2. The molecule has 2 aromatic carbocycles. The summed E-state index contributed by atoms with van der Waals surface area (Å²) in [6.45, 7) is 1.81. The summed E-state index contributed by atoms with van der Waals surface area (Å²) in [5.74, 6) is 0.366. The molecule has 0 atom stereocenters. The number of carbonyl (C=O) groups excluding carboxylic acids is 1. The lowest BCUT2D eigenvalue weighted by molar-refractivity contribution is 0.102. The van der Waals surface area contributed by atoms with Crippen LogP contribution in [-0.2, 0) is 0 Å². The summed E-state index contributed by atoms with van der Waals surface area (Å²) < 4.78 is 6.78. The molecular formula is C17H16N4O2. The highest BCUT2D eigenvalue weighted by molar-refractivity contribution is 6.03. The molecule has 1 heterocycles. The van der Waals surface area contributed by atoms with Crippen LogP contribution in [0.4, 0.5) is 5.69 Å². The van der Waals surface area contributed by atoms with Gasteiger partial charge in [0.05, 0.1) is 18.5 Å². The number of carbonyl (C=O) groups is 1. The van der Waals surface area contributed by atoms with Crippen molar-refractivity contribution in [2.75, 3.05) is 12.4 Å². The number of rotatable bonds is 4. The third-order valence-electron chi connectivity index (χ3n) is 3.44. The van der Waals surface area contributed by atoms with Crippen molar-refractivity contribution >= 4 is 11.6 Å². The topological polar surface area (TPSA) is 69.0 Å². The molecule has 0 saturated heterocycles. The number of hydrogen-bond acceptors (Lipinski definition) is 4. The van der Waals surface area contributed by atoms with Crippen LogP contribution < -0.4 is 10.1 Å². The second-order valence-electron chi connectivity index (χ2n) is 4.96. The van der Waals surface area contributed by atoms with E-state index in [1.54, 1.807) is 23.9 Å². The third-order valence-corrected chi connectivity index (χ3v) is 3.44. The molecule has 1 aromatic heterocycles. The highest BCUT2D eigenvalue weighted by atomic mass is 16.5. The fraction of sp³-hybridized carbons (Fsp3) is 0.118. The molecule has 0 saturated carbocycles. The Hall–Kier alpha value is -3.15. The lowest BCUT2D eigenvalue weighted by Gasteiger charge is -2.06. The predicted octanol–water partition coefficient (Wildman–Crippen LogP) is 2.84. The molecule has 0 radical (unpaired) electrons. The molecule has 0 spiro atoms. The van der Waals surface area contributed by atoms with Gasteiger partial charge < -0.3 is 10.1 Å². The van der Waals surface area contributed by atoms with Gasteiger partial charge in [0, 0.05) is 11.8 Å². The van der Waals surface area contributed by atoms with E-state index < -0.39 is 0 Å². The Kier molecular flexibility index (Phi) is 4.05. The molecule has 0 bridgehead atoms. The van der Waals surface area contributed by atoms with E-state index in [2.05, 4.69) is 15.6 Å². The van der Waals surface area contributed by atoms with Gasteiger partial charge in [-0.2, -0.15) is 0 Å². The second-order valence-corrected chi connectivity index (χ2v) is 4.96. The average molecular weight is 308 g/mol. The lowest BCUT2D eigenvalue weighted by Crippen LogP contribution is -2.14. The highest BCUT2D eigenvalue weighted by Crippen LogP contribution is 2.18. The zero-order valence-electron chi connectivity index (χ0n) is 12.9. The molecule has 3 rings (SSSR count). The van der Waals surface area contributed by atoms with Gasteiger partial charge in [0.15, 0.2) is 5.69 Å². The van der Waals surface area contributed by atoms with Crippen molar-refractivity contribution in [3.8, 4) is 11.4 Å². The van der Waals surface area contributed by atoms with Gasteiger partial charge in [0.25, 0.3) is 5.91 Å². The van der Waals surface area contributed by atoms with Gasteiger partial charge in [0.2, 0.25) is 0 Å². The molecule has 0 unspecified atom stereocenters. The van der Waals surface area contributed by atoms with Crippen molar-refractivity contribution in [3.63, 3.8) is 0 Å². The first-order valence-electron chi connectivity index (χ1n) is 7.12. The minimum Gasteiger partial charge on any atom is -0.497 e. The molecule has 3 aromatic rings. The molecular weight excluding hydrogens is 292 g/mol. The Morgan fingerprint density at radius 2 is 1.91 bits per heavy atom. The largest absolute Gasteiger partial charge is 0.497 e. The monoisotopic (exact) mass is 308 g/mol. The fourth-order valence-electron chi connectivity index (χ4n) is 2.24. The molecule has 0 fully saturated rings. The number of amides is 1. The van der Waals surface area contributed by atoms with E-state index in [1.807, 2.05) is 49.4 Å². The minimum atomic E-state index is -0.307. The smallest absolute Gasteiger partial charge is 0.278 e. The average Bonchev–Trinajstić information content (AvgIpc) is 2.97. The Bertz CT molecular complexity index is 828. The first kappa shape index (κ1) is 14.8. The molecule has 1 amide bonds. The summed E-state index contributed by atoms with van der Waals surface area (Å²) in [6.07, 6.45) is 0. The first-order chi connectivity index (χ1) is 11.2. The lowest BCUT2D eigenvalue weighted by atomic mass is 10.2. The van der Waals surface area contributed by atoms with Crippen molar-refractivity contribution in [2.24, 2.45) is 0 Å². The number of para-hydroxylation sites is 1. The normalized spacial score (nSPS) is 10.3. The Morgan fingerprint density at radius 3 is 2.65 bits per heavy atom. The van der Waals surface area contributed by atoms with E-state index in [1.165, 1.54) is 0 Å². The van der Waals surface area contributed by atoms with Gasteiger partial charge in [-0.25, -0.2) is 4.68 Å². The molecule has 0 aliphatic rings. The van der Waals surface area contributed by atoms with E-state index in [4.69, 9.17) is 4.74 Å². The maximum absolute atomic E-state index is 12.4. The minimum absolute atomic E-state index is 0.289. The number of hydrogen-bond donors (Lipinski definition) is 1. The molecule has 0 aliphatic carbocycles. The zero-order valence-corrected chi connectivity index (χ0v) is 12.9. The molecule has 1 N–H and O–H groups in total. The highest BCUT2D eigenvalue weighted by Gasteiger charge is 2.17. The van der Waals surface area contributed by atoms with Crippen LogP contribution in [0.15, 0.2) is 54.6 Å². The van der Waals surface area contributed by atoms with Crippen LogP contribution in [0.1, 0.15) is 16.2 Å². The van der Waals surface area contributed by atoms with Gasteiger partial charge in [-0.05, 0) is 31.2 Å². The van der Waals surface area contributed by atoms with Crippen LogP contribution in [-0.4, -0.2) is 28.0 Å². The molecule has 116 valence electrons. The number of anilines is 1. The van der Waals surface area contributed by atoms with E-state index in [0.29, 0.717) is 17.1 Å². The van der Waals surface area contributed by atoms with Crippen LogP contribution in [0.2, 0.25) is 0 Å². The van der Waals surface area contributed by atoms with Gasteiger partial charge in [0.1, 0.15) is 5.75 Å². The number of benzene rings is 2. The Morgan fingerprint density at radius 1 is 1.13 bits per heavy atom. The van der Waals surface area contributed by atoms with Crippen LogP contribution in [0, 0.1) is 6.92 Å². The van der Waals surface area contributed by atoms with Crippen LogP contribution >= 0.6 is 0 Å². The molecule has 0 aliphatic heterocycles. The van der Waals surface area contributed by atoms with Gasteiger partial charge >= 0.3 is 0 Å². The summed E-state index contributed by atoms with van der Waals surface area (Å²) in [6, 6.07) is 16.7. The molecule has 6 nitrogen and oxygen atoms in total. The van der Waals surface area contributed by atoms with Crippen molar-refractivity contribution in [1.82, 2.24) is 15.0 Å². The van der Waals surface area contributed by atoms with Crippen molar-refractivity contribution < 1.29 is 9.53 Å². The van der Waals surface area contributed by atoms with Gasteiger partial charge in [-0.1, -0.05) is 29.5 Å². The first-order valence-corrected chi connectivity index (χ1v) is 7.12. The van der Waals surface area contributed by atoms with Crippen LogP contribution in [0.3, 0.4) is 0 Å². The summed E-state index contributed by atoms with van der Waals surface area (Å²) in [7, 11) is 1.58. The fourth-order valence-corrected chi connectivity index (χ4v) is 2.24. The summed E-state index contributed by atoms with van der Waals surface area (Å²) in [5.41, 5.74) is 2.47. The van der Waals surface area contributed by atoms with E-state index >= 15 is 0 Å².